The third kappa shape index (κ3) is 7.41. The van der Waals surface area contributed by atoms with Crippen molar-refractivity contribution in [2.75, 3.05) is 38.2 Å². The number of carbonyl (C=O) groups is 1. The molecule has 0 aliphatic rings. The van der Waals surface area contributed by atoms with Gasteiger partial charge in [-0.2, -0.15) is 5.26 Å². The van der Waals surface area contributed by atoms with Crippen molar-refractivity contribution in [3.63, 3.8) is 0 Å². The highest BCUT2D eigenvalue weighted by molar-refractivity contribution is 7.11. The van der Waals surface area contributed by atoms with Crippen molar-refractivity contribution < 1.29 is 14.3 Å². The van der Waals surface area contributed by atoms with Gasteiger partial charge in [-0.1, -0.05) is 13.8 Å². The predicted octanol–water partition coefficient (Wildman–Crippen LogP) is 5.68. The number of benzene rings is 2. The maximum atomic E-state index is 12.3. The lowest BCUT2D eigenvalue weighted by molar-refractivity contribution is 0.0466. The smallest absolute Gasteiger partial charge is 0.338 e. The molecule has 0 unspecified atom stereocenters. The standard InChI is InChI=1S/C27H30N4O3S/c1-4-31(5-2)15-16-34-27(32)21-7-11-23(12-8-21)29-18-22(17-28)26-30-25(19-35-26)20-9-13-24(14-10-20)33-6-3/h7-14,18-19,29H,4-6,15-16H2,1-3H3. The van der Waals surface area contributed by atoms with Crippen LogP contribution in [0, 0.1) is 11.3 Å². The molecule has 0 radical (unpaired) electrons. The van der Waals surface area contributed by atoms with E-state index >= 15 is 0 Å². The maximum absolute atomic E-state index is 12.3. The Morgan fingerprint density at radius 3 is 2.46 bits per heavy atom. The zero-order chi connectivity index (χ0) is 25.0. The maximum Gasteiger partial charge on any atom is 0.338 e. The summed E-state index contributed by atoms with van der Waals surface area (Å²) >= 11 is 1.41. The summed E-state index contributed by atoms with van der Waals surface area (Å²) in [5, 5.41) is 15.3. The lowest BCUT2D eigenvalue weighted by Gasteiger charge is -2.17. The first kappa shape index (κ1) is 25.9. The van der Waals surface area contributed by atoms with Crippen LogP contribution in [0.1, 0.15) is 36.1 Å². The number of likely N-dealkylation sites (N-methyl/N-ethyl adjacent to an activating group) is 1. The van der Waals surface area contributed by atoms with E-state index in [-0.39, 0.29) is 5.97 Å². The van der Waals surface area contributed by atoms with Crippen molar-refractivity contribution in [1.29, 1.82) is 5.26 Å². The van der Waals surface area contributed by atoms with Gasteiger partial charge in [0.1, 0.15) is 29.0 Å². The van der Waals surface area contributed by atoms with E-state index in [0.29, 0.717) is 29.4 Å². The van der Waals surface area contributed by atoms with Crippen molar-refractivity contribution >= 4 is 28.6 Å². The van der Waals surface area contributed by atoms with Crippen LogP contribution in [0.5, 0.6) is 5.75 Å². The number of esters is 1. The Bertz CT molecular complexity index is 1160. The molecule has 1 N–H and O–H groups in total. The minimum absolute atomic E-state index is 0.346. The molecule has 8 heteroatoms. The molecule has 0 aliphatic carbocycles. The third-order valence-electron chi connectivity index (χ3n) is 5.36. The molecule has 2 aromatic carbocycles. The summed E-state index contributed by atoms with van der Waals surface area (Å²) in [6.07, 6.45) is 1.62. The van der Waals surface area contributed by atoms with Gasteiger partial charge in [0.15, 0.2) is 0 Å². The van der Waals surface area contributed by atoms with E-state index in [9.17, 15) is 10.1 Å². The first-order valence-electron chi connectivity index (χ1n) is 11.6. The third-order valence-corrected chi connectivity index (χ3v) is 6.23. The van der Waals surface area contributed by atoms with Crippen LogP contribution < -0.4 is 10.1 Å². The molecule has 1 heterocycles. The van der Waals surface area contributed by atoms with Crippen LogP contribution >= 0.6 is 11.3 Å². The molecule has 0 fully saturated rings. The van der Waals surface area contributed by atoms with Crippen molar-refractivity contribution in [2.24, 2.45) is 0 Å². The number of allylic oxidation sites excluding steroid dienone is 1. The highest BCUT2D eigenvalue weighted by Gasteiger charge is 2.10. The lowest BCUT2D eigenvalue weighted by Crippen LogP contribution is -2.27. The molecule has 0 spiro atoms. The van der Waals surface area contributed by atoms with Crippen molar-refractivity contribution in [3.8, 4) is 23.1 Å². The summed E-state index contributed by atoms with van der Waals surface area (Å²) in [6.45, 7) is 9.66. The molecule has 0 atom stereocenters. The molecule has 182 valence electrons. The van der Waals surface area contributed by atoms with E-state index in [1.807, 2.05) is 36.6 Å². The quantitative estimate of drug-likeness (QED) is 0.258. The summed E-state index contributed by atoms with van der Waals surface area (Å²) in [5.74, 6) is 0.467. The molecule has 1 aromatic heterocycles. The Morgan fingerprint density at radius 2 is 1.83 bits per heavy atom. The number of hydrogen-bond acceptors (Lipinski definition) is 8. The molecule has 3 aromatic rings. The zero-order valence-corrected chi connectivity index (χ0v) is 21.1. The number of aromatic nitrogens is 1. The Kier molecular flexibility index (Phi) is 9.84. The number of carbonyl (C=O) groups excluding carboxylic acids is 1. The molecule has 0 amide bonds. The first-order chi connectivity index (χ1) is 17.1. The van der Waals surface area contributed by atoms with Crippen LogP contribution in [-0.4, -0.2) is 48.7 Å². The van der Waals surface area contributed by atoms with Crippen LogP contribution in [0.25, 0.3) is 16.8 Å². The van der Waals surface area contributed by atoms with Crippen LogP contribution in [0.4, 0.5) is 5.69 Å². The molecule has 0 bridgehead atoms. The summed E-state index contributed by atoms with van der Waals surface area (Å²) in [4.78, 5) is 19.1. The lowest BCUT2D eigenvalue weighted by atomic mass is 10.2. The van der Waals surface area contributed by atoms with Gasteiger partial charge in [0.2, 0.25) is 0 Å². The van der Waals surface area contributed by atoms with Gasteiger partial charge < -0.3 is 19.7 Å². The number of anilines is 1. The Labute approximate surface area is 210 Å². The summed E-state index contributed by atoms with van der Waals surface area (Å²) in [7, 11) is 0. The highest BCUT2D eigenvalue weighted by atomic mass is 32.1. The highest BCUT2D eigenvalue weighted by Crippen LogP contribution is 2.27. The van der Waals surface area contributed by atoms with Gasteiger partial charge in [0.25, 0.3) is 0 Å². The molecular formula is C27H30N4O3S. The number of ether oxygens (including phenoxy) is 2. The van der Waals surface area contributed by atoms with E-state index in [0.717, 1.165) is 42.3 Å². The van der Waals surface area contributed by atoms with Crippen LogP contribution in [0.15, 0.2) is 60.1 Å². The van der Waals surface area contributed by atoms with Gasteiger partial charge in [0.05, 0.1) is 17.9 Å². The molecule has 3 rings (SSSR count). The average Bonchev–Trinajstić information content (AvgIpc) is 3.38. The Morgan fingerprint density at radius 1 is 1.11 bits per heavy atom. The van der Waals surface area contributed by atoms with Crippen LogP contribution in [-0.2, 0) is 4.74 Å². The van der Waals surface area contributed by atoms with E-state index in [4.69, 9.17) is 9.47 Å². The minimum atomic E-state index is -0.346. The van der Waals surface area contributed by atoms with Crippen molar-refractivity contribution in [3.05, 3.63) is 70.7 Å². The molecule has 0 saturated carbocycles. The number of nitrogens with zero attached hydrogens (tertiary/aromatic N) is 3. The van der Waals surface area contributed by atoms with Gasteiger partial charge >= 0.3 is 5.97 Å². The molecule has 0 aliphatic heterocycles. The summed E-state index contributed by atoms with van der Waals surface area (Å²) in [6, 6.07) is 16.9. The fourth-order valence-electron chi connectivity index (χ4n) is 3.31. The fourth-order valence-corrected chi connectivity index (χ4v) is 4.10. The largest absolute Gasteiger partial charge is 0.494 e. The zero-order valence-electron chi connectivity index (χ0n) is 20.3. The normalized spacial score (nSPS) is 11.2. The number of hydrogen-bond donors (Lipinski definition) is 1. The van der Waals surface area contributed by atoms with E-state index in [1.54, 1.807) is 30.5 Å². The molecular weight excluding hydrogens is 460 g/mol. The Balaban J connectivity index is 1.59. The van der Waals surface area contributed by atoms with E-state index in [2.05, 4.69) is 35.1 Å². The van der Waals surface area contributed by atoms with Gasteiger partial charge in [-0.25, -0.2) is 9.78 Å². The van der Waals surface area contributed by atoms with Gasteiger partial charge in [0, 0.05) is 29.4 Å². The molecule has 35 heavy (non-hydrogen) atoms. The van der Waals surface area contributed by atoms with Gasteiger partial charge in [-0.05, 0) is 68.5 Å². The average molecular weight is 491 g/mol. The van der Waals surface area contributed by atoms with Crippen LogP contribution in [0.3, 0.4) is 0 Å². The topological polar surface area (TPSA) is 87.5 Å². The first-order valence-corrected chi connectivity index (χ1v) is 12.5. The molecule has 7 nitrogen and oxygen atoms in total. The number of rotatable bonds is 12. The monoisotopic (exact) mass is 490 g/mol. The van der Waals surface area contributed by atoms with Crippen LogP contribution in [0.2, 0.25) is 0 Å². The summed E-state index contributed by atoms with van der Waals surface area (Å²) in [5.41, 5.74) is 3.42. The SMILES string of the molecule is CCOc1ccc(-c2csc(C(C#N)=CNc3ccc(C(=O)OCCN(CC)CC)cc3)n2)cc1. The second-order valence-corrected chi connectivity index (χ2v) is 8.41. The number of thiazole rings is 1. The van der Waals surface area contributed by atoms with Crippen molar-refractivity contribution in [2.45, 2.75) is 20.8 Å². The predicted molar refractivity (Wildman–Crippen MR) is 140 cm³/mol. The minimum Gasteiger partial charge on any atom is -0.494 e. The van der Waals surface area contributed by atoms with Gasteiger partial charge in [-0.15, -0.1) is 11.3 Å². The number of nitriles is 1. The number of nitrogens with one attached hydrogen (secondary N) is 1. The van der Waals surface area contributed by atoms with Crippen molar-refractivity contribution in [1.82, 2.24) is 9.88 Å². The molecule has 0 saturated heterocycles. The van der Waals surface area contributed by atoms with E-state index in [1.165, 1.54) is 11.3 Å². The summed E-state index contributed by atoms with van der Waals surface area (Å²) < 4.78 is 10.8. The second kappa shape index (κ2) is 13.3. The fraction of sp³-hybridized carbons (Fsp3) is 0.296. The van der Waals surface area contributed by atoms with Gasteiger partial charge in [-0.3, -0.25) is 0 Å². The second-order valence-electron chi connectivity index (χ2n) is 7.55. The van der Waals surface area contributed by atoms with E-state index < -0.39 is 0 Å². The Hall–Kier alpha value is -3.67.